The molecule has 2 nitrogen and oxygen atoms in total. The first-order valence-electron chi connectivity index (χ1n) is 4.14. The van der Waals surface area contributed by atoms with Crippen LogP contribution in [0.2, 0.25) is 5.02 Å². The topological polar surface area (TPSA) is 37.3 Å². The van der Waals surface area contributed by atoms with Gasteiger partial charge in [0.2, 0.25) is 0 Å². The van der Waals surface area contributed by atoms with E-state index in [-0.39, 0.29) is 12.4 Å². The third kappa shape index (κ3) is 2.47. The van der Waals surface area contributed by atoms with E-state index >= 15 is 0 Å². The molecule has 0 amide bonds. The fourth-order valence-corrected chi connectivity index (χ4v) is 1.38. The van der Waals surface area contributed by atoms with Crippen molar-refractivity contribution >= 4 is 29.0 Å². The number of aliphatic hydroxyl groups excluding tert-OH is 1. The van der Waals surface area contributed by atoms with E-state index in [1.165, 1.54) is 0 Å². The molecular weight excluding hydrogens is 223 g/mol. The zero-order valence-electron chi connectivity index (χ0n) is 7.63. The summed E-state index contributed by atoms with van der Waals surface area (Å²) >= 11 is 11.4. The highest BCUT2D eigenvalue weighted by Gasteiger charge is 2.13. The van der Waals surface area contributed by atoms with Crippen LogP contribution in [-0.4, -0.2) is 16.3 Å². The number of benzene rings is 1. The largest absolute Gasteiger partial charge is 0.392 e. The van der Waals surface area contributed by atoms with E-state index in [9.17, 15) is 4.79 Å². The Labute approximate surface area is 92.5 Å². The van der Waals surface area contributed by atoms with E-state index in [1.54, 1.807) is 25.1 Å². The maximum absolute atomic E-state index is 11.5. The van der Waals surface area contributed by atoms with Gasteiger partial charge in [-0.05, 0) is 30.7 Å². The molecule has 1 aromatic carbocycles. The Morgan fingerprint density at radius 1 is 1.57 bits per heavy atom. The third-order valence-corrected chi connectivity index (χ3v) is 2.43. The van der Waals surface area contributed by atoms with Gasteiger partial charge >= 0.3 is 0 Å². The van der Waals surface area contributed by atoms with Gasteiger partial charge in [0.1, 0.15) is 0 Å². The summed E-state index contributed by atoms with van der Waals surface area (Å²) in [5.74, 6) is -0.168. The summed E-state index contributed by atoms with van der Waals surface area (Å²) in [4.78, 5) is 11.5. The van der Waals surface area contributed by atoms with Gasteiger partial charge in [-0.15, -0.1) is 11.6 Å². The van der Waals surface area contributed by atoms with Crippen molar-refractivity contribution in [2.24, 2.45) is 0 Å². The fourth-order valence-electron chi connectivity index (χ4n) is 1.08. The number of ketones is 1. The number of carbonyl (C=O) groups is 1. The molecule has 1 N–H and O–H groups in total. The zero-order valence-corrected chi connectivity index (χ0v) is 9.14. The number of hydrogen-bond acceptors (Lipinski definition) is 2. The van der Waals surface area contributed by atoms with Crippen LogP contribution >= 0.6 is 23.2 Å². The van der Waals surface area contributed by atoms with Gasteiger partial charge in [-0.2, -0.15) is 0 Å². The van der Waals surface area contributed by atoms with Crippen LogP contribution in [0, 0.1) is 0 Å². The molecule has 4 heteroatoms. The summed E-state index contributed by atoms with van der Waals surface area (Å²) in [7, 11) is 0. The maximum Gasteiger partial charge on any atom is 0.180 e. The van der Waals surface area contributed by atoms with E-state index < -0.39 is 5.38 Å². The van der Waals surface area contributed by atoms with Crippen LogP contribution < -0.4 is 0 Å². The predicted octanol–water partition coefficient (Wildman–Crippen LogP) is 2.64. The van der Waals surface area contributed by atoms with Crippen molar-refractivity contribution in [3.8, 4) is 0 Å². The summed E-state index contributed by atoms with van der Waals surface area (Å²) in [6, 6.07) is 4.74. The first-order chi connectivity index (χ1) is 6.56. The minimum absolute atomic E-state index is 0.168. The zero-order chi connectivity index (χ0) is 10.7. The normalized spacial score (nSPS) is 12.6. The van der Waals surface area contributed by atoms with Gasteiger partial charge in [-0.3, -0.25) is 4.79 Å². The Balaban J connectivity index is 3.06. The highest BCUT2D eigenvalue weighted by atomic mass is 35.5. The van der Waals surface area contributed by atoms with Crippen LogP contribution in [0.4, 0.5) is 0 Å². The smallest absolute Gasteiger partial charge is 0.180 e. The second kappa shape index (κ2) is 4.78. The van der Waals surface area contributed by atoms with Crippen molar-refractivity contribution in [1.82, 2.24) is 0 Å². The molecule has 0 heterocycles. The van der Waals surface area contributed by atoms with Crippen molar-refractivity contribution in [2.45, 2.75) is 18.9 Å². The molecule has 0 aliphatic rings. The standard InChI is InChI=1S/C10H10Cl2O2/c1-6(11)10(14)7-2-3-9(12)8(4-7)5-13/h2-4,6,13H,5H2,1H3. The van der Waals surface area contributed by atoms with E-state index in [0.717, 1.165) is 0 Å². The highest BCUT2D eigenvalue weighted by molar-refractivity contribution is 6.34. The molecule has 0 fully saturated rings. The van der Waals surface area contributed by atoms with Gasteiger partial charge in [0.05, 0.1) is 12.0 Å². The molecule has 14 heavy (non-hydrogen) atoms. The lowest BCUT2D eigenvalue weighted by Crippen LogP contribution is -2.10. The van der Waals surface area contributed by atoms with Gasteiger partial charge in [-0.25, -0.2) is 0 Å². The third-order valence-electron chi connectivity index (χ3n) is 1.86. The number of alkyl halides is 1. The highest BCUT2D eigenvalue weighted by Crippen LogP contribution is 2.19. The molecule has 0 saturated carbocycles. The molecule has 1 rings (SSSR count). The van der Waals surface area contributed by atoms with Crippen LogP contribution in [0.1, 0.15) is 22.8 Å². The first kappa shape index (κ1) is 11.5. The Morgan fingerprint density at radius 2 is 2.21 bits per heavy atom. The second-order valence-electron chi connectivity index (χ2n) is 2.94. The van der Waals surface area contributed by atoms with Crippen LogP contribution in [0.5, 0.6) is 0 Å². The summed E-state index contributed by atoms with van der Waals surface area (Å²) < 4.78 is 0. The summed E-state index contributed by atoms with van der Waals surface area (Å²) in [5.41, 5.74) is 1.01. The maximum atomic E-state index is 11.5. The van der Waals surface area contributed by atoms with Gasteiger partial charge in [0.25, 0.3) is 0 Å². The van der Waals surface area contributed by atoms with E-state index in [1.807, 2.05) is 0 Å². The Morgan fingerprint density at radius 3 is 2.71 bits per heavy atom. The van der Waals surface area contributed by atoms with Gasteiger partial charge in [0.15, 0.2) is 5.78 Å². The molecule has 1 aromatic rings. The summed E-state index contributed by atoms with van der Waals surface area (Å²) in [6.45, 7) is 1.42. The van der Waals surface area contributed by atoms with Gasteiger partial charge in [0, 0.05) is 10.6 Å². The van der Waals surface area contributed by atoms with Crippen molar-refractivity contribution < 1.29 is 9.90 Å². The minimum atomic E-state index is -0.567. The van der Waals surface area contributed by atoms with Crippen molar-refractivity contribution in [1.29, 1.82) is 0 Å². The second-order valence-corrected chi connectivity index (χ2v) is 4.01. The molecule has 0 saturated heterocycles. The molecule has 0 aliphatic carbocycles. The van der Waals surface area contributed by atoms with Crippen LogP contribution in [0.15, 0.2) is 18.2 Å². The lowest BCUT2D eigenvalue weighted by molar-refractivity contribution is 0.0991. The average molecular weight is 233 g/mol. The number of carbonyl (C=O) groups excluding carboxylic acids is 1. The Bertz CT molecular complexity index is 348. The average Bonchev–Trinajstić information content (AvgIpc) is 2.17. The minimum Gasteiger partial charge on any atom is -0.392 e. The predicted molar refractivity (Wildman–Crippen MR) is 57.0 cm³/mol. The van der Waals surface area contributed by atoms with E-state index in [0.29, 0.717) is 16.1 Å². The molecule has 0 radical (unpaired) electrons. The van der Waals surface area contributed by atoms with Crippen LogP contribution in [0.3, 0.4) is 0 Å². The number of rotatable bonds is 3. The molecule has 0 aliphatic heterocycles. The first-order valence-corrected chi connectivity index (χ1v) is 4.95. The van der Waals surface area contributed by atoms with E-state index in [2.05, 4.69) is 0 Å². The molecule has 1 atom stereocenters. The monoisotopic (exact) mass is 232 g/mol. The molecule has 0 bridgehead atoms. The van der Waals surface area contributed by atoms with Crippen molar-refractivity contribution in [3.63, 3.8) is 0 Å². The van der Waals surface area contributed by atoms with E-state index in [4.69, 9.17) is 28.3 Å². The SMILES string of the molecule is CC(Cl)C(=O)c1ccc(Cl)c(CO)c1. The number of hydrogen-bond donors (Lipinski definition) is 1. The van der Waals surface area contributed by atoms with Gasteiger partial charge < -0.3 is 5.11 Å². The molecule has 1 unspecified atom stereocenters. The Kier molecular flexibility index (Phi) is 3.93. The lowest BCUT2D eigenvalue weighted by Gasteiger charge is -2.05. The van der Waals surface area contributed by atoms with Gasteiger partial charge in [-0.1, -0.05) is 11.6 Å². The quantitative estimate of drug-likeness (QED) is 0.643. The fraction of sp³-hybridized carbons (Fsp3) is 0.300. The Hall–Kier alpha value is -0.570. The molecular formula is C10H10Cl2O2. The van der Waals surface area contributed by atoms with Crippen LogP contribution in [0.25, 0.3) is 0 Å². The van der Waals surface area contributed by atoms with Crippen molar-refractivity contribution in [3.05, 3.63) is 34.3 Å². The number of halogens is 2. The van der Waals surface area contributed by atoms with Crippen molar-refractivity contribution in [2.75, 3.05) is 0 Å². The molecule has 0 aromatic heterocycles. The summed E-state index contributed by atoms with van der Waals surface area (Å²) in [6.07, 6.45) is 0. The lowest BCUT2D eigenvalue weighted by atomic mass is 10.1. The summed E-state index contributed by atoms with van der Waals surface area (Å²) in [5, 5.41) is 8.82. The number of Topliss-reactive ketones (excluding diaryl/α,β-unsaturated/α-hetero) is 1. The molecule has 0 spiro atoms. The number of aliphatic hydroxyl groups is 1. The molecule has 76 valence electrons. The van der Waals surface area contributed by atoms with Crippen LogP contribution in [-0.2, 0) is 6.61 Å².